The summed E-state index contributed by atoms with van der Waals surface area (Å²) >= 11 is 0. The summed E-state index contributed by atoms with van der Waals surface area (Å²) in [6.45, 7) is 8.69. The molecule has 0 bridgehead atoms. The fourth-order valence-corrected chi connectivity index (χ4v) is 9.95. The van der Waals surface area contributed by atoms with Gasteiger partial charge in [0, 0.05) is 31.5 Å². The summed E-state index contributed by atoms with van der Waals surface area (Å²) in [6.07, 6.45) is 13.9. The Hall–Kier alpha value is -0.520. The standard InChI is InChI=1S/C28H48N2O2S/c1-5-8-21-10-7-11-23(21)25(18-29-4)22-14-13-19(2)27(17-22)33(32)30-16-15-26(31)24-12-6-9-20(3)28(24)30/h19-20,22,24-25,27-29H,5-18H2,1-4H3. The third kappa shape index (κ3) is 5.35. The van der Waals surface area contributed by atoms with E-state index in [0.717, 1.165) is 25.8 Å². The molecule has 0 radical (unpaired) electrons. The number of allylic oxidation sites excluding steroid dienone is 1. The number of carbonyl (C=O) groups excluding carboxylic acids is 1. The van der Waals surface area contributed by atoms with Crippen LogP contribution in [0.4, 0.5) is 0 Å². The van der Waals surface area contributed by atoms with E-state index in [9.17, 15) is 9.00 Å². The number of carbonyl (C=O) groups is 1. The van der Waals surface area contributed by atoms with Gasteiger partial charge in [0.2, 0.25) is 0 Å². The number of ketones is 1. The molecule has 0 amide bonds. The molecule has 8 atom stereocenters. The van der Waals surface area contributed by atoms with Gasteiger partial charge in [0.25, 0.3) is 0 Å². The third-order valence-electron chi connectivity index (χ3n) is 9.52. The maximum atomic E-state index is 14.2. The molecule has 4 rings (SSSR count). The molecule has 0 aromatic heterocycles. The molecule has 0 spiro atoms. The van der Waals surface area contributed by atoms with Crippen LogP contribution < -0.4 is 5.32 Å². The minimum Gasteiger partial charge on any atom is -0.319 e. The summed E-state index contributed by atoms with van der Waals surface area (Å²) in [5.74, 6) is 2.77. The predicted octanol–water partition coefficient (Wildman–Crippen LogP) is 5.65. The second kappa shape index (κ2) is 11.5. The van der Waals surface area contributed by atoms with E-state index < -0.39 is 11.0 Å². The highest BCUT2D eigenvalue weighted by molar-refractivity contribution is 7.83. The first-order chi connectivity index (χ1) is 16.0. The average molecular weight is 477 g/mol. The van der Waals surface area contributed by atoms with Crippen LogP contribution in [0.1, 0.15) is 97.8 Å². The Morgan fingerprint density at radius 2 is 1.88 bits per heavy atom. The van der Waals surface area contributed by atoms with Crippen molar-refractivity contribution in [1.29, 1.82) is 0 Å². The zero-order valence-corrected chi connectivity index (χ0v) is 22.4. The van der Waals surface area contributed by atoms with Crippen molar-refractivity contribution < 1.29 is 9.00 Å². The monoisotopic (exact) mass is 476 g/mol. The molecular weight excluding hydrogens is 428 g/mol. The van der Waals surface area contributed by atoms with Gasteiger partial charge in [0.05, 0.1) is 16.2 Å². The number of nitrogens with zero attached hydrogens (tertiary/aromatic N) is 1. The van der Waals surface area contributed by atoms with Gasteiger partial charge in [-0.1, -0.05) is 44.8 Å². The van der Waals surface area contributed by atoms with Gasteiger partial charge < -0.3 is 5.32 Å². The van der Waals surface area contributed by atoms with E-state index in [4.69, 9.17) is 0 Å². The molecule has 4 aliphatic rings. The molecule has 1 aliphatic heterocycles. The summed E-state index contributed by atoms with van der Waals surface area (Å²) in [5.41, 5.74) is 3.49. The number of nitrogens with one attached hydrogen (secondary N) is 1. The Labute approximate surface area is 205 Å². The minimum absolute atomic E-state index is 0.124. The molecule has 3 fully saturated rings. The van der Waals surface area contributed by atoms with E-state index >= 15 is 0 Å². The number of hydrogen-bond acceptors (Lipinski definition) is 3. The smallest absolute Gasteiger partial charge is 0.138 e. The van der Waals surface area contributed by atoms with Crippen molar-refractivity contribution in [3.63, 3.8) is 0 Å². The summed E-state index contributed by atoms with van der Waals surface area (Å²) in [4.78, 5) is 12.7. The van der Waals surface area contributed by atoms with E-state index in [1.165, 1.54) is 51.4 Å². The predicted molar refractivity (Wildman–Crippen MR) is 138 cm³/mol. The second-order valence-electron chi connectivity index (χ2n) is 11.6. The lowest BCUT2D eigenvalue weighted by molar-refractivity contribution is -0.129. The second-order valence-corrected chi connectivity index (χ2v) is 13.3. The van der Waals surface area contributed by atoms with Gasteiger partial charge in [-0.15, -0.1) is 0 Å². The van der Waals surface area contributed by atoms with Crippen molar-refractivity contribution in [2.24, 2.45) is 29.6 Å². The lowest BCUT2D eigenvalue weighted by Gasteiger charge is -2.48. The molecule has 0 aromatic rings. The Bertz CT molecular complexity index is 750. The van der Waals surface area contributed by atoms with E-state index in [1.807, 2.05) is 0 Å². The van der Waals surface area contributed by atoms with E-state index in [0.29, 0.717) is 42.4 Å². The Morgan fingerprint density at radius 1 is 1.06 bits per heavy atom. The highest BCUT2D eigenvalue weighted by Gasteiger charge is 2.47. The Kier molecular flexibility index (Phi) is 8.89. The Morgan fingerprint density at radius 3 is 2.64 bits per heavy atom. The van der Waals surface area contributed by atoms with Crippen LogP contribution in [0.5, 0.6) is 0 Å². The highest BCUT2D eigenvalue weighted by atomic mass is 32.2. The van der Waals surface area contributed by atoms with E-state index in [1.54, 1.807) is 11.1 Å². The van der Waals surface area contributed by atoms with Crippen LogP contribution in [-0.2, 0) is 15.8 Å². The summed E-state index contributed by atoms with van der Waals surface area (Å²) in [7, 11) is 1.11. The van der Waals surface area contributed by atoms with Crippen molar-refractivity contribution in [1.82, 2.24) is 9.62 Å². The fraction of sp³-hybridized carbons (Fsp3) is 0.893. The molecule has 1 N–H and O–H groups in total. The van der Waals surface area contributed by atoms with Crippen LogP contribution in [0.15, 0.2) is 11.1 Å². The van der Waals surface area contributed by atoms with Gasteiger partial charge in [-0.05, 0) is 88.5 Å². The van der Waals surface area contributed by atoms with Gasteiger partial charge in [-0.25, -0.2) is 8.51 Å². The summed E-state index contributed by atoms with van der Waals surface area (Å²) in [6, 6.07) is 0.204. The SMILES string of the molecule is CCCC1=C(C(CNC)C2CCC(C)C(S(=O)N3CCC(=O)C4CCCC(C)C43)C2)CCC1. The lowest BCUT2D eigenvalue weighted by Crippen LogP contribution is -2.57. The topological polar surface area (TPSA) is 49.4 Å². The summed E-state index contributed by atoms with van der Waals surface area (Å²) in [5, 5.41) is 3.75. The van der Waals surface area contributed by atoms with Gasteiger partial charge >= 0.3 is 0 Å². The number of fused-ring (bicyclic) bond motifs is 1. The molecule has 3 aliphatic carbocycles. The first-order valence-electron chi connectivity index (χ1n) is 14.0. The molecule has 5 heteroatoms. The van der Waals surface area contributed by atoms with Crippen LogP contribution in [-0.4, -0.2) is 45.7 Å². The molecule has 4 nitrogen and oxygen atoms in total. The van der Waals surface area contributed by atoms with Crippen LogP contribution in [0, 0.1) is 29.6 Å². The van der Waals surface area contributed by atoms with E-state index in [-0.39, 0.29) is 17.2 Å². The molecule has 8 unspecified atom stereocenters. The molecule has 0 aromatic carbocycles. The third-order valence-corrected chi connectivity index (χ3v) is 11.6. The zero-order chi connectivity index (χ0) is 23.5. The molecule has 33 heavy (non-hydrogen) atoms. The quantitative estimate of drug-likeness (QED) is 0.461. The van der Waals surface area contributed by atoms with Crippen molar-refractivity contribution in [3.8, 4) is 0 Å². The molecule has 2 saturated carbocycles. The maximum Gasteiger partial charge on any atom is 0.138 e. The maximum absolute atomic E-state index is 14.2. The van der Waals surface area contributed by atoms with Crippen molar-refractivity contribution >= 4 is 16.8 Å². The lowest BCUT2D eigenvalue weighted by atomic mass is 9.72. The zero-order valence-electron chi connectivity index (χ0n) is 21.6. The number of hydrogen-bond donors (Lipinski definition) is 1. The van der Waals surface area contributed by atoms with Crippen LogP contribution >= 0.6 is 0 Å². The average Bonchev–Trinajstić information content (AvgIpc) is 3.26. The molecule has 1 saturated heterocycles. The van der Waals surface area contributed by atoms with Crippen LogP contribution in [0.25, 0.3) is 0 Å². The van der Waals surface area contributed by atoms with Gasteiger partial charge in [0.15, 0.2) is 0 Å². The van der Waals surface area contributed by atoms with Crippen molar-refractivity contribution in [2.45, 2.75) is 109 Å². The molecule has 1 heterocycles. The van der Waals surface area contributed by atoms with Crippen LogP contribution in [0.2, 0.25) is 0 Å². The van der Waals surface area contributed by atoms with Crippen LogP contribution in [0.3, 0.4) is 0 Å². The largest absolute Gasteiger partial charge is 0.319 e. The minimum atomic E-state index is -0.987. The number of rotatable bonds is 8. The fourth-order valence-electron chi connectivity index (χ4n) is 7.79. The van der Waals surface area contributed by atoms with Crippen molar-refractivity contribution in [3.05, 3.63) is 11.1 Å². The first kappa shape index (κ1) is 25.6. The van der Waals surface area contributed by atoms with Gasteiger partial charge in [0.1, 0.15) is 5.78 Å². The van der Waals surface area contributed by atoms with Gasteiger partial charge in [-0.3, -0.25) is 4.79 Å². The van der Waals surface area contributed by atoms with Gasteiger partial charge in [-0.2, -0.15) is 0 Å². The van der Waals surface area contributed by atoms with Crippen molar-refractivity contribution in [2.75, 3.05) is 20.1 Å². The number of Topliss-reactive ketones (excluding diaryl/α,β-unsaturated/α-hetero) is 1. The number of piperidine rings is 1. The highest BCUT2D eigenvalue weighted by Crippen LogP contribution is 2.45. The first-order valence-corrected chi connectivity index (χ1v) is 15.2. The Balaban J connectivity index is 1.53. The normalized spacial score (nSPS) is 37.8. The van der Waals surface area contributed by atoms with E-state index in [2.05, 4.69) is 37.4 Å². The molecular formula is C28H48N2O2S. The molecule has 188 valence electrons. The summed E-state index contributed by atoms with van der Waals surface area (Å²) < 4.78 is 16.5.